The van der Waals surface area contributed by atoms with Crippen LogP contribution in [0.4, 0.5) is 5.69 Å². The molecule has 0 spiro atoms. The Morgan fingerprint density at radius 2 is 2.50 bits per heavy atom. The maximum absolute atomic E-state index is 5.07. The van der Waals surface area contributed by atoms with Crippen molar-refractivity contribution in [3.05, 3.63) is 18.5 Å². The molecule has 0 saturated heterocycles. The van der Waals surface area contributed by atoms with Gasteiger partial charge in [0.25, 0.3) is 0 Å². The molecular weight excluding hydrogens is 198 g/mol. The number of hydrogen-bond donors (Lipinski definition) is 3. The van der Waals surface area contributed by atoms with Gasteiger partial charge >= 0.3 is 0 Å². The van der Waals surface area contributed by atoms with Crippen LogP contribution in [-0.4, -0.2) is 30.4 Å². The first kappa shape index (κ1) is 11.0. The Bertz CT molecular complexity index is 261. The number of aromatic amines is 1. The number of rotatable bonds is 5. The van der Waals surface area contributed by atoms with Crippen LogP contribution >= 0.6 is 12.2 Å². The number of ether oxygens (including phenoxy) is 1. The molecule has 14 heavy (non-hydrogen) atoms. The number of methoxy groups -OCH3 is 1. The van der Waals surface area contributed by atoms with Gasteiger partial charge in [-0.05, 0) is 24.7 Å². The third-order valence-electron chi connectivity index (χ3n) is 1.67. The molecule has 5 heteroatoms. The monoisotopic (exact) mass is 213 g/mol. The Hall–Kier alpha value is -1.07. The predicted octanol–water partition coefficient (Wildman–Crippen LogP) is 1.34. The van der Waals surface area contributed by atoms with E-state index in [0.717, 1.165) is 25.3 Å². The third kappa shape index (κ3) is 4.25. The Kier molecular flexibility index (Phi) is 5.03. The van der Waals surface area contributed by atoms with E-state index in [1.54, 1.807) is 7.11 Å². The zero-order valence-corrected chi connectivity index (χ0v) is 8.99. The number of anilines is 1. The van der Waals surface area contributed by atoms with Gasteiger partial charge in [-0.3, -0.25) is 0 Å². The van der Waals surface area contributed by atoms with Crippen LogP contribution in [0.25, 0.3) is 0 Å². The second-order valence-corrected chi connectivity index (χ2v) is 3.24. The molecular formula is C9H15N3OS. The molecule has 1 aromatic rings. The lowest BCUT2D eigenvalue weighted by Crippen LogP contribution is -2.29. The molecule has 0 radical (unpaired) electrons. The van der Waals surface area contributed by atoms with Gasteiger partial charge in [-0.15, -0.1) is 0 Å². The van der Waals surface area contributed by atoms with E-state index in [0.29, 0.717) is 5.11 Å². The van der Waals surface area contributed by atoms with Crippen molar-refractivity contribution in [2.45, 2.75) is 6.42 Å². The lowest BCUT2D eigenvalue weighted by molar-refractivity contribution is 0.196. The Balaban J connectivity index is 2.11. The van der Waals surface area contributed by atoms with Gasteiger partial charge in [-0.1, -0.05) is 0 Å². The molecule has 0 atom stereocenters. The summed E-state index contributed by atoms with van der Waals surface area (Å²) in [5.74, 6) is 0. The van der Waals surface area contributed by atoms with Crippen LogP contribution in [-0.2, 0) is 4.74 Å². The summed E-state index contributed by atoms with van der Waals surface area (Å²) < 4.78 is 4.92. The van der Waals surface area contributed by atoms with Crippen LogP contribution in [0.15, 0.2) is 18.5 Å². The largest absolute Gasteiger partial charge is 0.385 e. The zero-order chi connectivity index (χ0) is 10.2. The second-order valence-electron chi connectivity index (χ2n) is 2.83. The molecule has 0 aliphatic carbocycles. The fourth-order valence-corrected chi connectivity index (χ4v) is 1.22. The van der Waals surface area contributed by atoms with Crippen molar-refractivity contribution in [1.29, 1.82) is 0 Å². The van der Waals surface area contributed by atoms with Crippen molar-refractivity contribution >= 4 is 23.0 Å². The topological polar surface area (TPSA) is 49.1 Å². The average molecular weight is 213 g/mol. The number of H-pyrrole nitrogens is 1. The van der Waals surface area contributed by atoms with Crippen molar-refractivity contribution < 1.29 is 4.74 Å². The highest BCUT2D eigenvalue weighted by Gasteiger charge is 1.95. The van der Waals surface area contributed by atoms with Crippen molar-refractivity contribution in [2.24, 2.45) is 0 Å². The Morgan fingerprint density at radius 1 is 1.64 bits per heavy atom. The van der Waals surface area contributed by atoms with Crippen molar-refractivity contribution in [1.82, 2.24) is 10.3 Å². The quantitative estimate of drug-likeness (QED) is 0.510. The highest BCUT2D eigenvalue weighted by atomic mass is 32.1. The first-order valence-corrected chi connectivity index (χ1v) is 4.90. The minimum atomic E-state index is 0.640. The van der Waals surface area contributed by atoms with Gasteiger partial charge in [0, 0.05) is 32.7 Å². The second kappa shape index (κ2) is 6.39. The molecule has 0 aromatic carbocycles. The Labute approximate surface area is 89.0 Å². The fourth-order valence-electron chi connectivity index (χ4n) is 0.995. The van der Waals surface area contributed by atoms with Crippen LogP contribution in [0.5, 0.6) is 0 Å². The van der Waals surface area contributed by atoms with Crippen LogP contribution in [0, 0.1) is 0 Å². The molecule has 3 N–H and O–H groups in total. The van der Waals surface area contributed by atoms with E-state index in [4.69, 9.17) is 17.0 Å². The SMILES string of the molecule is COCCCNC(=S)Nc1cc[nH]c1. The van der Waals surface area contributed by atoms with Gasteiger partial charge in [0.2, 0.25) is 0 Å². The molecule has 0 bridgehead atoms. The van der Waals surface area contributed by atoms with Gasteiger partial charge < -0.3 is 20.4 Å². The number of thiocarbonyl (C=S) groups is 1. The molecule has 0 saturated carbocycles. The summed E-state index contributed by atoms with van der Waals surface area (Å²) in [5, 5.41) is 6.77. The minimum absolute atomic E-state index is 0.640. The summed E-state index contributed by atoms with van der Waals surface area (Å²) in [7, 11) is 1.69. The molecule has 0 amide bonds. The standard InChI is InChI=1S/C9H15N3OS/c1-13-6-2-4-11-9(14)12-8-3-5-10-7-8/h3,5,7,10H,2,4,6H2,1H3,(H2,11,12,14). The lowest BCUT2D eigenvalue weighted by atomic mass is 10.4. The van der Waals surface area contributed by atoms with Gasteiger partial charge in [0.15, 0.2) is 5.11 Å². The fraction of sp³-hybridized carbons (Fsp3) is 0.444. The maximum Gasteiger partial charge on any atom is 0.170 e. The molecule has 0 fully saturated rings. The molecule has 1 aromatic heterocycles. The number of nitrogens with one attached hydrogen (secondary N) is 3. The summed E-state index contributed by atoms with van der Waals surface area (Å²) in [4.78, 5) is 2.94. The van der Waals surface area contributed by atoms with Crippen LogP contribution in [0.1, 0.15) is 6.42 Å². The summed E-state index contributed by atoms with van der Waals surface area (Å²) >= 11 is 5.07. The first-order chi connectivity index (χ1) is 6.83. The minimum Gasteiger partial charge on any atom is -0.385 e. The number of hydrogen-bond acceptors (Lipinski definition) is 2. The van der Waals surface area contributed by atoms with E-state index in [-0.39, 0.29) is 0 Å². The van der Waals surface area contributed by atoms with E-state index in [1.165, 1.54) is 0 Å². The van der Waals surface area contributed by atoms with E-state index >= 15 is 0 Å². The summed E-state index contributed by atoms with van der Waals surface area (Å²) in [5.41, 5.74) is 0.967. The van der Waals surface area contributed by atoms with E-state index in [9.17, 15) is 0 Å². The van der Waals surface area contributed by atoms with Crippen LogP contribution in [0.3, 0.4) is 0 Å². The van der Waals surface area contributed by atoms with Gasteiger partial charge in [0.1, 0.15) is 0 Å². The average Bonchev–Trinajstić information content (AvgIpc) is 2.65. The van der Waals surface area contributed by atoms with E-state index in [1.807, 2.05) is 18.5 Å². The number of aromatic nitrogens is 1. The lowest BCUT2D eigenvalue weighted by Gasteiger charge is -2.08. The first-order valence-electron chi connectivity index (χ1n) is 4.49. The van der Waals surface area contributed by atoms with Gasteiger partial charge in [-0.25, -0.2) is 0 Å². The summed E-state index contributed by atoms with van der Waals surface area (Å²) in [6.45, 7) is 1.57. The Morgan fingerprint density at radius 3 is 3.14 bits per heavy atom. The molecule has 1 heterocycles. The zero-order valence-electron chi connectivity index (χ0n) is 8.17. The van der Waals surface area contributed by atoms with Crippen molar-refractivity contribution in [2.75, 3.05) is 25.6 Å². The van der Waals surface area contributed by atoms with E-state index in [2.05, 4.69) is 15.6 Å². The highest BCUT2D eigenvalue weighted by molar-refractivity contribution is 7.80. The summed E-state index contributed by atoms with van der Waals surface area (Å²) in [6.07, 6.45) is 4.64. The molecule has 4 nitrogen and oxygen atoms in total. The summed E-state index contributed by atoms with van der Waals surface area (Å²) in [6, 6.07) is 1.92. The maximum atomic E-state index is 5.07. The van der Waals surface area contributed by atoms with Gasteiger partial charge in [-0.2, -0.15) is 0 Å². The molecule has 0 unspecified atom stereocenters. The normalized spacial score (nSPS) is 9.79. The van der Waals surface area contributed by atoms with Crippen LogP contribution in [0.2, 0.25) is 0 Å². The van der Waals surface area contributed by atoms with Crippen molar-refractivity contribution in [3.8, 4) is 0 Å². The third-order valence-corrected chi connectivity index (χ3v) is 1.91. The van der Waals surface area contributed by atoms with Crippen LogP contribution < -0.4 is 10.6 Å². The van der Waals surface area contributed by atoms with Crippen molar-refractivity contribution in [3.63, 3.8) is 0 Å². The molecule has 1 rings (SSSR count). The van der Waals surface area contributed by atoms with E-state index < -0.39 is 0 Å². The molecule has 0 aliphatic heterocycles. The molecule has 78 valence electrons. The smallest absolute Gasteiger partial charge is 0.170 e. The predicted molar refractivity (Wildman–Crippen MR) is 61.5 cm³/mol. The molecule has 0 aliphatic rings. The highest BCUT2D eigenvalue weighted by Crippen LogP contribution is 2.02. The van der Waals surface area contributed by atoms with Gasteiger partial charge in [0.05, 0.1) is 5.69 Å².